The fourth-order valence-corrected chi connectivity index (χ4v) is 3.06. The molecule has 2 unspecified atom stereocenters. The van der Waals surface area contributed by atoms with Crippen molar-refractivity contribution in [1.29, 1.82) is 0 Å². The van der Waals surface area contributed by atoms with E-state index in [9.17, 15) is 96.6 Å². The van der Waals surface area contributed by atoms with Gasteiger partial charge in [-0.2, -0.15) is 79.0 Å². The fraction of sp³-hybridized carbons (Fsp3) is 1.00. The van der Waals surface area contributed by atoms with E-state index < -0.39 is 78.8 Å². The molecule has 0 nitrogen and oxygen atoms in total. The highest BCUT2D eigenvalue weighted by molar-refractivity contribution is 6.37. The Morgan fingerprint density at radius 2 is 0.474 bits per heavy atom. The smallest absolute Gasteiger partial charge is 0.215 e. The van der Waals surface area contributed by atoms with Gasteiger partial charge in [0.1, 0.15) is 0 Å². The lowest BCUT2D eigenvalue weighted by molar-refractivity contribution is -0.462. The lowest BCUT2D eigenvalue weighted by atomic mass is 9.86. The minimum absolute atomic E-state index is 2.33. The van der Waals surface area contributed by atoms with Crippen molar-refractivity contribution in [2.45, 2.75) is 68.6 Å². The molecule has 0 N–H and O–H groups in total. The maximum absolute atomic E-state index is 13.9. The molecule has 0 fully saturated rings. The van der Waals surface area contributed by atoms with Crippen molar-refractivity contribution < 1.29 is 96.6 Å². The monoisotopic (exact) mass is 698 g/mol. The molecule has 0 rings (SSSR count). The first kappa shape index (κ1) is 37.5. The molecule has 0 saturated carbocycles. The van der Waals surface area contributed by atoms with Crippen LogP contribution in [0.25, 0.3) is 0 Å². The Morgan fingerprint density at radius 1 is 0.289 bits per heavy atom. The van der Waals surface area contributed by atoms with Crippen LogP contribution in [0.1, 0.15) is 0 Å². The SMILES string of the molecule is FC(F)([SiH3])C(F)(Cl)C(F)(Cl)C(F)(F)C(F)(F)C(F)(F)C(F)(F)C(F)(F)C(F)(F)C(F)(F)C(F)(F)C(F)(F)Cl. The van der Waals surface area contributed by atoms with Crippen LogP contribution in [0.5, 0.6) is 0 Å². The Labute approximate surface area is 210 Å². The molecule has 0 amide bonds. The highest BCUT2D eigenvalue weighted by atomic mass is 35.5. The van der Waals surface area contributed by atoms with Crippen LogP contribution < -0.4 is 0 Å². The molecular weight excluding hydrogens is 697 g/mol. The maximum atomic E-state index is 13.9. The van der Waals surface area contributed by atoms with E-state index in [1.165, 1.54) is 0 Å². The van der Waals surface area contributed by atoms with Gasteiger partial charge < -0.3 is 0 Å². The molecule has 0 bridgehead atoms. The Bertz CT molecular complexity index is 811. The van der Waals surface area contributed by atoms with E-state index in [0.717, 1.165) is 0 Å². The van der Waals surface area contributed by atoms with E-state index in [4.69, 9.17) is 0 Å². The highest BCUT2D eigenvalue weighted by Gasteiger charge is 2.98. The zero-order valence-electron chi connectivity index (χ0n) is 16.4. The van der Waals surface area contributed by atoms with E-state index in [1.807, 2.05) is 0 Å². The van der Waals surface area contributed by atoms with Crippen LogP contribution in [0.15, 0.2) is 0 Å². The van der Waals surface area contributed by atoms with Crippen LogP contribution in [0.4, 0.5) is 96.6 Å². The number of alkyl halides is 25. The second-order valence-electron chi connectivity index (χ2n) is 7.13. The van der Waals surface area contributed by atoms with E-state index in [1.54, 1.807) is 0 Å². The van der Waals surface area contributed by atoms with Gasteiger partial charge in [0, 0.05) is 0 Å². The van der Waals surface area contributed by atoms with Gasteiger partial charge in [-0.05, 0) is 11.6 Å². The first-order valence-electron chi connectivity index (χ1n) is 7.97. The molecule has 38 heavy (non-hydrogen) atoms. The first-order chi connectivity index (χ1) is 15.8. The van der Waals surface area contributed by atoms with Gasteiger partial charge in [-0.25, -0.2) is 17.6 Å². The number of hydrogen-bond acceptors (Lipinski definition) is 0. The van der Waals surface area contributed by atoms with Crippen molar-refractivity contribution in [3.63, 3.8) is 0 Å². The molecule has 26 heteroatoms. The molecule has 2 atom stereocenters. The van der Waals surface area contributed by atoms with Crippen LogP contribution in [-0.4, -0.2) is 78.8 Å². The summed E-state index contributed by atoms with van der Waals surface area (Å²) in [5.74, 6) is -71.0. The normalized spacial score (nSPS) is 19.8. The van der Waals surface area contributed by atoms with E-state index >= 15 is 0 Å². The minimum atomic E-state index is -9.28. The molecule has 0 saturated heterocycles. The van der Waals surface area contributed by atoms with Gasteiger partial charge in [0.15, 0.2) is 0 Å². The van der Waals surface area contributed by atoms with E-state index in [-0.39, 0.29) is 0 Å². The van der Waals surface area contributed by atoms with Crippen molar-refractivity contribution in [3.05, 3.63) is 0 Å². The van der Waals surface area contributed by atoms with E-state index in [0.29, 0.717) is 0 Å². The topological polar surface area (TPSA) is 0 Å². The summed E-state index contributed by atoms with van der Waals surface area (Å²) in [6.07, 6.45) is 0. The number of hydrogen-bond donors (Lipinski definition) is 0. The molecule has 0 radical (unpaired) electrons. The Kier molecular flexibility index (Phi) is 8.91. The van der Waals surface area contributed by atoms with Gasteiger partial charge in [-0.3, -0.25) is 0 Å². The molecule has 0 heterocycles. The predicted molar refractivity (Wildman–Crippen MR) is 84.6 cm³/mol. The summed E-state index contributed by atoms with van der Waals surface area (Å²) in [6, 6.07) is 0. The number of rotatable bonds is 11. The summed E-state index contributed by atoms with van der Waals surface area (Å²) < 4.78 is 294. The third-order valence-electron chi connectivity index (χ3n) is 4.46. The van der Waals surface area contributed by atoms with Crippen molar-refractivity contribution in [3.8, 4) is 0 Å². The molecular formula is C12H3Cl3F22Si. The Balaban J connectivity index is 7.29. The average Bonchev–Trinajstić information content (AvgIpc) is 2.64. The summed E-state index contributed by atoms with van der Waals surface area (Å²) in [4.78, 5) is 0. The van der Waals surface area contributed by atoms with Crippen LogP contribution in [0, 0.1) is 0 Å². The lowest BCUT2D eigenvalue weighted by Gasteiger charge is -2.46. The zero-order chi connectivity index (χ0) is 32.0. The van der Waals surface area contributed by atoms with E-state index in [2.05, 4.69) is 34.8 Å². The van der Waals surface area contributed by atoms with Crippen molar-refractivity contribution in [2.75, 3.05) is 0 Å². The van der Waals surface area contributed by atoms with Gasteiger partial charge in [-0.15, -0.1) is 0 Å². The van der Waals surface area contributed by atoms with Gasteiger partial charge in [0.2, 0.25) is 0 Å². The largest absolute Gasteiger partial charge is 0.393 e. The lowest BCUT2D eigenvalue weighted by Crippen LogP contribution is -2.78. The number of halogens is 25. The third kappa shape index (κ3) is 4.37. The second-order valence-corrected chi connectivity index (χ2v) is 9.90. The summed E-state index contributed by atoms with van der Waals surface area (Å²) in [5, 5.41) is -20.9. The summed E-state index contributed by atoms with van der Waals surface area (Å²) in [7, 11) is -2.33. The standard InChI is InChI=1S/C12H3Cl3F22Si/c13-1(16,2(14,17)12(36,37)38)3(18,19)4(20,21)5(22,23)6(24,25)7(26,27)8(28,29)9(30,31)10(32,33)11(15,34)35/h38H3. The van der Waals surface area contributed by atoms with Crippen LogP contribution in [0.2, 0.25) is 0 Å². The summed E-state index contributed by atoms with van der Waals surface area (Å²) in [5.41, 5.74) is -5.85. The molecule has 0 aromatic carbocycles. The van der Waals surface area contributed by atoms with Crippen LogP contribution >= 0.6 is 34.8 Å². The van der Waals surface area contributed by atoms with Crippen molar-refractivity contribution >= 4 is 45.0 Å². The Morgan fingerprint density at radius 3 is 0.658 bits per heavy atom. The molecule has 0 aliphatic carbocycles. The van der Waals surface area contributed by atoms with Gasteiger partial charge in [-0.1, -0.05) is 23.2 Å². The quantitative estimate of drug-likeness (QED) is 0.118. The van der Waals surface area contributed by atoms with Crippen molar-refractivity contribution in [2.24, 2.45) is 0 Å². The average molecular weight is 700 g/mol. The molecule has 0 aromatic heterocycles. The summed E-state index contributed by atoms with van der Waals surface area (Å²) >= 11 is 10.9. The molecule has 0 spiro atoms. The molecule has 0 aliphatic rings. The highest BCUT2D eigenvalue weighted by Crippen LogP contribution is 2.68. The predicted octanol–water partition coefficient (Wildman–Crippen LogP) is 7.67. The molecule has 230 valence electrons. The van der Waals surface area contributed by atoms with Gasteiger partial charge in [0.05, 0.1) is 10.2 Å². The second kappa shape index (κ2) is 9.02. The fourth-order valence-electron chi connectivity index (χ4n) is 2.03. The van der Waals surface area contributed by atoms with Crippen LogP contribution in [0.3, 0.4) is 0 Å². The van der Waals surface area contributed by atoms with Crippen LogP contribution in [-0.2, 0) is 0 Å². The minimum Gasteiger partial charge on any atom is -0.215 e. The Hall–Kier alpha value is -0.453. The molecule has 0 aromatic rings. The molecule has 0 aliphatic heterocycles. The third-order valence-corrected chi connectivity index (χ3v) is 6.89. The maximum Gasteiger partial charge on any atom is 0.393 e. The zero-order valence-corrected chi connectivity index (χ0v) is 20.7. The van der Waals surface area contributed by atoms with Crippen molar-refractivity contribution in [1.82, 2.24) is 0 Å². The first-order valence-corrected chi connectivity index (χ1v) is 10.1. The summed E-state index contributed by atoms with van der Waals surface area (Å²) in [6.45, 7) is 0. The van der Waals surface area contributed by atoms with Gasteiger partial charge in [0.25, 0.3) is 10.7 Å². The van der Waals surface area contributed by atoms with Gasteiger partial charge >= 0.3 is 57.9 Å².